The Morgan fingerprint density at radius 3 is 2.67 bits per heavy atom. The summed E-state index contributed by atoms with van der Waals surface area (Å²) in [6.07, 6.45) is 12.7. The average molecular weight is 206 g/mol. The van der Waals surface area contributed by atoms with Gasteiger partial charge in [-0.2, -0.15) is 0 Å². The fourth-order valence-electron chi connectivity index (χ4n) is 3.06. The zero-order chi connectivity index (χ0) is 10.7. The lowest BCUT2D eigenvalue weighted by Gasteiger charge is -2.16. The maximum atomic E-state index is 12.0. The van der Waals surface area contributed by atoms with Gasteiger partial charge in [-0.1, -0.05) is 38.3 Å². The van der Waals surface area contributed by atoms with Crippen LogP contribution in [0.25, 0.3) is 0 Å². The van der Waals surface area contributed by atoms with Crippen LogP contribution in [-0.2, 0) is 4.79 Å². The molecule has 2 bridgehead atoms. The number of ketones is 1. The van der Waals surface area contributed by atoms with Gasteiger partial charge in [-0.15, -0.1) is 0 Å². The first-order chi connectivity index (χ1) is 7.31. The van der Waals surface area contributed by atoms with E-state index in [4.69, 9.17) is 0 Å². The second kappa shape index (κ2) is 4.96. The van der Waals surface area contributed by atoms with E-state index < -0.39 is 0 Å². The van der Waals surface area contributed by atoms with Gasteiger partial charge < -0.3 is 0 Å². The summed E-state index contributed by atoms with van der Waals surface area (Å²) in [5, 5.41) is 0. The van der Waals surface area contributed by atoms with Gasteiger partial charge in [0.15, 0.2) is 0 Å². The SMILES string of the molecule is CCCCCCC(=O)C1CC2C=CC1C2. The maximum absolute atomic E-state index is 12.0. The average Bonchev–Trinajstić information content (AvgIpc) is 2.85. The Hall–Kier alpha value is -0.590. The minimum atomic E-state index is 0.390. The van der Waals surface area contributed by atoms with Crippen LogP contribution in [0, 0.1) is 17.8 Å². The molecule has 0 amide bonds. The maximum Gasteiger partial charge on any atom is 0.136 e. The van der Waals surface area contributed by atoms with Crippen molar-refractivity contribution in [1.29, 1.82) is 0 Å². The fraction of sp³-hybridized carbons (Fsp3) is 0.786. The molecule has 1 fully saturated rings. The monoisotopic (exact) mass is 206 g/mol. The highest BCUT2D eigenvalue weighted by atomic mass is 16.1. The Morgan fingerprint density at radius 1 is 1.20 bits per heavy atom. The number of fused-ring (bicyclic) bond motifs is 2. The predicted molar refractivity (Wildman–Crippen MR) is 62.6 cm³/mol. The zero-order valence-corrected chi connectivity index (χ0v) is 9.74. The number of Topliss-reactive ketones (excluding diaryl/α,β-unsaturated/α-hetero) is 1. The van der Waals surface area contributed by atoms with Crippen molar-refractivity contribution in [3.8, 4) is 0 Å². The van der Waals surface area contributed by atoms with Gasteiger partial charge >= 0.3 is 0 Å². The van der Waals surface area contributed by atoms with Gasteiger partial charge in [0.1, 0.15) is 5.78 Å². The Bertz CT molecular complexity index is 254. The molecule has 3 atom stereocenters. The van der Waals surface area contributed by atoms with Crippen molar-refractivity contribution in [1.82, 2.24) is 0 Å². The predicted octanol–water partition coefficient (Wildman–Crippen LogP) is 3.74. The van der Waals surface area contributed by atoms with Gasteiger partial charge in [-0.3, -0.25) is 4.79 Å². The molecular weight excluding hydrogens is 184 g/mol. The van der Waals surface area contributed by atoms with Crippen molar-refractivity contribution in [2.24, 2.45) is 17.8 Å². The molecule has 3 unspecified atom stereocenters. The van der Waals surface area contributed by atoms with Crippen molar-refractivity contribution < 1.29 is 4.79 Å². The molecule has 2 rings (SSSR count). The molecule has 2 aliphatic carbocycles. The summed E-state index contributed by atoms with van der Waals surface area (Å²) in [4.78, 5) is 12.0. The van der Waals surface area contributed by atoms with E-state index in [0.717, 1.165) is 25.2 Å². The standard InChI is InChI=1S/C14H22O/c1-2-3-4-5-6-14(15)13-10-11-7-8-12(13)9-11/h7-8,11-13H,2-6,9-10H2,1H3. The van der Waals surface area contributed by atoms with E-state index in [0.29, 0.717) is 17.6 Å². The van der Waals surface area contributed by atoms with Gasteiger partial charge in [-0.05, 0) is 31.1 Å². The van der Waals surface area contributed by atoms with Crippen molar-refractivity contribution in [3.63, 3.8) is 0 Å². The minimum Gasteiger partial charge on any atom is -0.299 e. The normalized spacial score (nSPS) is 32.5. The Labute approximate surface area is 92.9 Å². The molecule has 0 saturated heterocycles. The number of carbonyl (C=O) groups is 1. The summed E-state index contributed by atoms with van der Waals surface area (Å²) >= 11 is 0. The summed E-state index contributed by atoms with van der Waals surface area (Å²) in [7, 11) is 0. The van der Waals surface area contributed by atoms with Crippen LogP contribution in [-0.4, -0.2) is 5.78 Å². The summed E-state index contributed by atoms with van der Waals surface area (Å²) < 4.78 is 0. The van der Waals surface area contributed by atoms with Crippen molar-refractivity contribution in [2.75, 3.05) is 0 Å². The lowest BCUT2D eigenvalue weighted by molar-refractivity contribution is -0.123. The van der Waals surface area contributed by atoms with Crippen molar-refractivity contribution in [2.45, 2.75) is 51.9 Å². The summed E-state index contributed by atoms with van der Waals surface area (Å²) in [6, 6.07) is 0. The topological polar surface area (TPSA) is 17.1 Å². The molecule has 1 heteroatoms. The van der Waals surface area contributed by atoms with Crippen molar-refractivity contribution in [3.05, 3.63) is 12.2 Å². The molecule has 0 radical (unpaired) electrons. The molecular formula is C14H22O. The zero-order valence-electron chi connectivity index (χ0n) is 9.74. The second-order valence-electron chi connectivity index (χ2n) is 5.16. The first-order valence-electron chi connectivity index (χ1n) is 6.52. The number of rotatable bonds is 6. The molecule has 1 nitrogen and oxygen atoms in total. The van der Waals surface area contributed by atoms with Crippen LogP contribution in [0.1, 0.15) is 51.9 Å². The molecule has 2 aliphatic rings. The Balaban J connectivity index is 1.70. The van der Waals surface area contributed by atoms with E-state index in [9.17, 15) is 4.79 Å². The largest absolute Gasteiger partial charge is 0.299 e. The smallest absolute Gasteiger partial charge is 0.136 e. The van der Waals surface area contributed by atoms with E-state index in [1.54, 1.807) is 0 Å². The molecule has 0 aromatic rings. The van der Waals surface area contributed by atoms with Crippen LogP contribution in [0.2, 0.25) is 0 Å². The minimum absolute atomic E-state index is 0.390. The lowest BCUT2D eigenvalue weighted by Crippen LogP contribution is -2.18. The number of allylic oxidation sites excluding steroid dienone is 2. The number of hydrogen-bond donors (Lipinski definition) is 0. The molecule has 0 aromatic carbocycles. The van der Waals surface area contributed by atoms with Crippen LogP contribution in [0.4, 0.5) is 0 Å². The molecule has 15 heavy (non-hydrogen) atoms. The number of carbonyl (C=O) groups excluding carboxylic acids is 1. The molecule has 0 spiro atoms. The summed E-state index contributed by atoms with van der Waals surface area (Å²) in [5.41, 5.74) is 0. The van der Waals surface area contributed by atoms with Crippen LogP contribution in [0.5, 0.6) is 0 Å². The lowest BCUT2D eigenvalue weighted by atomic mass is 9.87. The van der Waals surface area contributed by atoms with E-state index in [2.05, 4.69) is 19.1 Å². The number of hydrogen-bond acceptors (Lipinski definition) is 1. The van der Waals surface area contributed by atoms with E-state index in [-0.39, 0.29) is 0 Å². The van der Waals surface area contributed by atoms with Gasteiger partial charge in [0.05, 0.1) is 0 Å². The highest BCUT2D eigenvalue weighted by Crippen LogP contribution is 2.44. The van der Waals surface area contributed by atoms with Gasteiger partial charge in [0.2, 0.25) is 0 Å². The molecule has 0 aromatic heterocycles. The first-order valence-corrected chi connectivity index (χ1v) is 6.52. The van der Waals surface area contributed by atoms with E-state index in [1.165, 1.54) is 25.7 Å². The fourth-order valence-corrected chi connectivity index (χ4v) is 3.06. The molecule has 0 heterocycles. The van der Waals surface area contributed by atoms with Gasteiger partial charge in [0, 0.05) is 12.3 Å². The molecule has 0 N–H and O–H groups in total. The highest BCUT2D eigenvalue weighted by Gasteiger charge is 2.38. The third-order valence-corrected chi connectivity index (χ3v) is 3.97. The van der Waals surface area contributed by atoms with Gasteiger partial charge in [-0.25, -0.2) is 0 Å². The summed E-state index contributed by atoms with van der Waals surface area (Å²) in [5.74, 6) is 2.28. The molecule has 1 saturated carbocycles. The van der Waals surface area contributed by atoms with E-state index >= 15 is 0 Å². The third-order valence-electron chi connectivity index (χ3n) is 3.97. The number of unbranched alkanes of at least 4 members (excludes halogenated alkanes) is 3. The van der Waals surface area contributed by atoms with E-state index in [1.807, 2.05) is 0 Å². The van der Waals surface area contributed by atoms with Crippen LogP contribution in [0.3, 0.4) is 0 Å². The molecule has 84 valence electrons. The second-order valence-corrected chi connectivity index (χ2v) is 5.16. The summed E-state index contributed by atoms with van der Waals surface area (Å²) in [6.45, 7) is 2.21. The Kier molecular flexibility index (Phi) is 3.61. The first kappa shape index (κ1) is 10.9. The highest BCUT2D eigenvalue weighted by molar-refractivity contribution is 5.82. The quantitative estimate of drug-likeness (QED) is 0.478. The van der Waals surface area contributed by atoms with Crippen LogP contribution < -0.4 is 0 Å². The molecule has 0 aliphatic heterocycles. The van der Waals surface area contributed by atoms with Crippen LogP contribution >= 0.6 is 0 Å². The van der Waals surface area contributed by atoms with Gasteiger partial charge in [0.25, 0.3) is 0 Å². The Morgan fingerprint density at radius 2 is 2.07 bits per heavy atom. The third kappa shape index (κ3) is 2.50. The van der Waals surface area contributed by atoms with Crippen LogP contribution in [0.15, 0.2) is 12.2 Å². The van der Waals surface area contributed by atoms with Crippen molar-refractivity contribution >= 4 is 5.78 Å².